The molecule has 2 aromatic heterocycles. The van der Waals surface area contributed by atoms with Gasteiger partial charge in [0.25, 0.3) is 0 Å². The maximum absolute atomic E-state index is 13.3. The number of carbonyl (C=O) groups excluding carboxylic acids is 2. The number of likely N-dealkylation sites (tertiary alicyclic amines) is 2. The van der Waals surface area contributed by atoms with Crippen molar-refractivity contribution >= 4 is 11.8 Å². The molecule has 0 unspecified atom stereocenters. The number of amides is 2. The van der Waals surface area contributed by atoms with E-state index in [2.05, 4.69) is 10.3 Å². The van der Waals surface area contributed by atoms with Gasteiger partial charge in [0.2, 0.25) is 11.8 Å². The minimum Gasteiger partial charge on any atom is -0.359 e. The number of aryl methyl sites for hydroxylation is 2. The summed E-state index contributed by atoms with van der Waals surface area (Å²) in [4.78, 5) is 30.1. The number of piperidine rings is 2. The lowest BCUT2D eigenvalue weighted by Gasteiger charge is -2.45. The first-order valence-corrected chi connectivity index (χ1v) is 9.41. The van der Waals surface area contributed by atoms with E-state index < -0.39 is 5.41 Å². The lowest BCUT2D eigenvalue weighted by molar-refractivity contribution is -0.165. The molecule has 0 bridgehead atoms. The summed E-state index contributed by atoms with van der Waals surface area (Å²) in [5.74, 6) is 1.11. The molecule has 0 aliphatic carbocycles. The molecule has 27 heavy (non-hydrogen) atoms. The van der Waals surface area contributed by atoms with Crippen LogP contribution in [0.4, 0.5) is 0 Å². The number of rotatable bonds is 4. The van der Waals surface area contributed by atoms with Gasteiger partial charge in [-0.25, -0.2) is 0 Å². The maximum atomic E-state index is 13.3. The number of aromatic nitrogens is 2. The van der Waals surface area contributed by atoms with Crippen LogP contribution in [-0.2, 0) is 22.7 Å². The number of hydrogen-bond acceptors (Lipinski definition) is 6. The molecule has 0 radical (unpaired) electrons. The van der Waals surface area contributed by atoms with E-state index in [9.17, 15) is 9.59 Å². The third kappa shape index (κ3) is 3.24. The zero-order chi connectivity index (χ0) is 19.0. The number of carbonyl (C=O) groups is 2. The van der Waals surface area contributed by atoms with Crippen molar-refractivity contribution in [1.82, 2.24) is 20.1 Å². The van der Waals surface area contributed by atoms with Gasteiger partial charge < -0.3 is 18.8 Å². The smallest absolute Gasteiger partial charge is 0.238 e. The van der Waals surface area contributed by atoms with E-state index >= 15 is 0 Å². The summed E-state index contributed by atoms with van der Waals surface area (Å²) in [6.07, 6.45) is 2.81. The molecule has 0 atom stereocenters. The van der Waals surface area contributed by atoms with E-state index in [0.717, 1.165) is 24.2 Å². The normalized spacial score (nSPS) is 19.9. The second-order valence-electron chi connectivity index (χ2n) is 7.61. The van der Waals surface area contributed by atoms with Crippen molar-refractivity contribution in [1.29, 1.82) is 0 Å². The number of nitrogens with zero attached hydrogens (tertiary/aromatic N) is 4. The van der Waals surface area contributed by atoms with Gasteiger partial charge in [0.15, 0.2) is 11.5 Å². The first kappa shape index (κ1) is 17.8. The summed E-state index contributed by atoms with van der Waals surface area (Å²) in [6.45, 7) is 5.68. The van der Waals surface area contributed by atoms with Crippen LogP contribution in [0.2, 0.25) is 0 Å². The van der Waals surface area contributed by atoms with Crippen molar-refractivity contribution in [2.45, 2.75) is 52.6 Å². The topological polar surface area (TPSA) is 92.7 Å². The van der Waals surface area contributed by atoms with Crippen LogP contribution in [-0.4, -0.2) is 45.0 Å². The molecule has 2 aliphatic rings. The molecule has 4 heterocycles. The Morgan fingerprint density at radius 1 is 0.889 bits per heavy atom. The van der Waals surface area contributed by atoms with Crippen LogP contribution < -0.4 is 0 Å². The summed E-state index contributed by atoms with van der Waals surface area (Å²) >= 11 is 0. The molecule has 0 N–H and O–H groups in total. The van der Waals surface area contributed by atoms with Crippen LogP contribution >= 0.6 is 0 Å². The Morgan fingerprint density at radius 3 is 1.70 bits per heavy atom. The van der Waals surface area contributed by atoms with E-state index in [1.54, 1.807) is 9.80 Å². The molecule has 1 spiro atoms. The highest BCUT2D eigenvalue weighted by atomic mass is 16.5. The Labute approximate surface area is 157 Å². The molecule has 8 heteroatoms. The van der Waals surface area contributed by atoms with Crippen molar-refractivity contribution < 1.29 is 18.6 Å². The molecule has 144 valence electrons. The standard InChI is InChI=1S/C19H24N4O4/c1-13-9-15(26-20-13)11-22-7-3-5-19(17(22)24)6-4-8-23(18(19)25)12-16-10-14(2)21-27-16/h9-10H,3-8,11-12H2,1-2H3. The van der Waals surface area contributed by atoms with Crippen molar-refractivity contribution in [3.63, 3.8) is 0 Å². The van der Waals surface area contributed by atoms with E-state index in [-0.39, 0.29) is 11.8 Å². The quantitative estimate of drug-likeness (QED) is 0.764. The van der Waals surface area contributed by atoms with Gasteiger partial charge >= 0.3 is 0 Å². The molecule has 8 nitrogen and oxygen atoms in total. The molecule has 0 saturated carbocycles. The van der Waals surface area contributed by atoms with Gasteiger partial charge in [0, 0.05) is 25.2 Å². The van der Waals surface area contributed by atoms with Crippen LogP contribution in [0.15, 0.2) is 21.2 Å². The Morgan fingerprint density at radius 2 is 1.33 bits per heavy atom. The fourth-order valence-electron chi connectivity index (χ4n) is 4.26. The van der Waals surface area contributed by atoms with Crippen LogP contribution in [0, 0.1) is 19.3 Å². The molecular weight excluding hydrogens is 348 g/mol. The minimum atomic E-state index is -0.958. The zero-order valence-corrected chi connectivity index (χ0v) is 15.7. The summed E-state index contributed by atoms with van der Waals surface area (Å²) in [5.41, 5.74) is 0.610. The average Bonchev–Trinajstić information content (AvgIpc) is 3.24. The molecule has 2 amide bonds. The second-order valence-corrected chi connectivity index (χ2v) is 7.61. The zero-order valence-electron chi connectivity index (χ0n) is 15.7. The van der Waals surface area contributed by atoms with E-state index in [0.29, 0.717) is 50.5 Å². The predicted molar refractivity (Wildman–Crippen MR) is 94.2 cm³/mol. The van der Waals surface area contributed by atoms with Crippen LogP contribution in [0.3, 0.4) is 0 Å². The highest BCUT2D eigenvalue weighted by molar-refractivity contribution is 6.05. The highest BCUT2D eigenvalue weighted by Crippen LogP contribution is 2.41. The van der Waals surface area contributed by atoms with Gasteiger partial charge in [-0.3, -0.25) is 9.59 Å². The Balaban J connectivity index is 1.52. The van der Waals surface area contributed by atoms with Gasteiger partial charge in [-0.2, -0.15) is 0 Å². The lowest BCUT2D eigenvalue weighted by atomic mass is 9.72. The van der Waals surface area contributed by atoms with Gasteiger partial charge in [-0.05, 0) is 39.5 Å². The third-order valence-electron chi connectivity index (χ3n) is 5.50. The Hall–Kier alpha value is -2.64. The van der Waals surface area contributed by atoms with Crippen molar-refractivity contribution in [3.05, 3.63) is 35.0 Å². The fourth-order valence-corrected chi connectivity index (χ4v) is 4.26. The molecule has 4 rings (SSSR count). The highest BCUT2D eigenvalue weighted by Gasteiger charge is 2.53. The molecule has 2 aliphatic heterocycles. The van der Waals surface area contributed by atoms with E-state index in [4.69, 9.17) is 9.05 Å². The first-order chi connectivity index (χ1) is 13.0. The van der Waals surface area contributed by atoms with E-state index in [1.807, 2.05) is 26.0 Å². The fraction of sp³-hybridized carbons (Fsp3) is 0.579. The summed E-state index contributed by atoms with van der Waals surface area (Å²) in [6, 6.07) is 3.66. The number of hydrogen-bond donors (Lipinski definition) is 0. The maximum Gasteiger partial charge on any atom is 0.238 e. The average molecular weight is 372 g/mol. The van der Waals surface area contributed by atoms with Crippen molar-refractivity contribution in [2.75, 3.05) is 13.1 Å². The van der Waals surface area contributed by atoms with Crippen molar-refractivity contribution in [2.24, 2.45) is 5.41 Å². The minimum absolute atomic E-state index is 0.0914. The molecule has 2 saturated heterocycles. The Kier molecular flexibility index (Phi) is 4.49. The van der Waals surface area contributed by atoms with Gasteiger partial charge in [-0.1, -0.05) is 10.3 Å². The third-order valence-corrected chi connectivity index (χ3v) is 5.50. The van der Waals surface area contributed by atoms with Crippen molar-refractivity contribution in [3.8, 4) is 0 Å². The molecule has 2 fully saturated rings. The summed E-state index contributed by atoms with van der Waals surface area (Å²) < 4.78 is 10.5. The van der Waals surface area contributed by atoms with Gasteiger partial charge in [-0.15, -0.1) is 0 Å². The summed E-state index contributed by atoms with van der Waals surface area (Å²) in [7, 11) is 0. The molecule has 2 aromatic rings. The second kappa shape index (κ2) is 6.83. The van der Waals surface area contributed by atoms with Gasteiger partial charge in [0.1, 0.15) is 5.41 Å². The van der Waals surface area contributed by atoms with Crippen LogP contribution in [0.1, 0.15) is 48.6 Å². The SMILES string of the molecule is Cc1cc(CN2CCCC3(CCCN(Cc4cc(C)no4)C3=O)C2=O)on1. The predicted octanol–water partition coefficient (Wildman–Crippen LogP) is 2.21. The molecular formula is C19H24N4O4. The van der Waals surface area contributed by atoms with Crippen LogP contribution in [0.25, 0.3) is 0 Å². The Bertz CT molecular complexity index is 785. The first-order valence-electron chi connectivity index (χ1n) is 9.41. The van der Waals surface area contributed by atoms with Crippen LogP contribution in [0.5, 0.6) is 0 Å². The molecule has 0 aromatic carbocycles. The largest absolute Gasteiger partial charge is 0.359 e. The lowest BCUT2D eigenvalue weighted by Crippen LogP contribution is -2.59. The van der Waals surface area contributed by atoms with Gasteiger partial charge in [0.05, 0.1) is 24.5 Å². The summed E-state index contributed by atoms with van der Waals surface area (Å²) in [5, 5.41) is 7.77. The van der Waals surface area contributed by atoms with E-state index in [1.165, 1.54) is 0 Å². The monoisotopic (exact) mass is 372 g/mol.